The summed E-state index contributed by atoms with van der Waals surface area (Å²) in [6, 6.07) is 12.1. The molecule has 0 aromatic heterocycles. The molecule has 1 saturated heterocycles. The van der Waals surface area contributed by atoms with Gasteiger partial charge in [0, 0.05) is 36.9 Å². The van der Waals surface area contributed by atoms with E-state index >= 15 is 0 Å². The van der Waals surface area contributed by atoms with Crippen LogP contribution in [0.3, 0.4) is 0 Å². The van der Waals surface area contributed by atoms with Crippen LogP contribution in [0.15, 0.2) is 47.4 Å². The smallest absolute Gasteiger partial charge is 0.350 e. The van der Waals surface area contributed by atoms with Crippen LogP contribution in [0.25, 0.3) is 17.2 Å². The normalized spacial score (nSPS) is 15.7. The van der Waals surface area contributed by atoms with Gasteiger partial charge >= 0.3 is 5.97 Å². The Labute approximate surface area is 235 Å². The van der Waals surface area contributed by atoms with Gasteiger partial charge in [0.25, 0.3) is 0 Å². The molecule has 3 amide bonds. The average molecular weight is 579 g/mol. The summed E-state index contributed by atoms with van der Waals surface area (Å²) in [6.07, 6.45) is 5.65. The van der Waals surface area contributed by atoms with Gasteiger partial charge in [-0.2, -0.15) is 0 Å². The standard InChI is InChI=1S/C21H25Cl2N3O5S.C6H4/c1-12(27)24-21(2,20(30)31)25-19(29)14-8-10-26(11-9-14)16(28)7-5-13-4-6-15(32-3)18(23)17(13)22;1-2-5-4-6(5)3-1/h4-7,14H,8-11H2,1-3H3,(H,24,27)(H,25,29)(H,30,31);1-4H. The molecule has 202 valence electrons. The van der Waals surface area contributed by atoms with Crippen LogP contribution in [-0.4, -0.2) is 58.7 Å². The number of halogens is 2. The number of hydrogen-bond acceptors (Lipinski definition) is 5. The van der Waals surface area contributed by atoms with E-state index < -0.39 is 29.4 Å². The molecule has 1 fully saturated rings. The fourth-order valence-electron chi connectivity index (χ4n) is 3.98. The van der Waals surface area contributed by atoms with Gasteiger partial charge in [-0.1, -0.05) is 47.5 Å². The fraction of sp³-hybridized carbons (Fsp3) is 0.333. The summed E-state index contributed by atoms with van der Waals surface area (Å²) in [5.74, 6) is -3.13. The minimum absolute atomic E-state index is 0.224. The van der Waals surface area contributed by atoms with Gasteiger partial charge < -0.3 is 20.6 Å². The molecule has 3 aliphatic rings. The molecule has 11 heteroatoms. The van der Waals surface area contributed by atoms with Crippen LogP contribution in [0.2, 0.25) is 10.0 Å². The van der Waals surface area contributed by atoms with Crippen molar-refractivity contribution >= 4 is 64.7 Å². The van der Waals surface area contributed by atoms with Crippen LogP contribution in [0.5, 0.6) is 0 Å². The number of likely N-dealkylation sites (tertiary alicyclic amines) is 1. The molecule has 0 radical (unpaired) electrons. The molecule has 1 aromatic rings. The number of aliphatic carboxylic acids is 1. The number of rotatable bonds is 7. The molecule has 38 heavy (non-hydrogen) atoms. The second kappa shape index (κ2) is 12.7. The van der Waals surface area contributed by atoms with Crippen molar-refractivity contribution in [3.8, 4) is 11.1 Å². The van der Waals surface area contributed by atoms with E-state index in [2.05, 4.69) is 34.9 Å². The summed E-state index contributed by atoms with van der Waals surface area (Å²) in [5.41, 5.74) is 1.58. The second-order valence-electron chi connectivity index (χ2n) is 9.10. The zero-order valence-corrected chi connectivity index (χ0v) is 23.5. The summed E-state index contributed by atoms with van der Waals surface area (Å²) in [7, 11) is 0. The first kappa shape index (κ1) is 29.5. The Morgan fingerprint density at radius 2 is 1.68 bits per heavy atom. The van der Waals surface area contributed by atoms with E-state index in [4.69, 9.17) is 23.2 Å². The van der Waals surface area contributed by atoms with Crippen LogP contribution < -0.4 is 10.6 Å². The number of nitrogens with one attached hydrogen (secondary N) is 2. The maximum absolute atomic E-state index is 12.5. The first-order valence-electron chi connectivity index (χ1n) is 11.9. The van der Waals surface area contributed by atoms with Crippen molar-refractivity contribution in [2.24, 2.45) is 5.92 Å². The lowest BCUT2D eigenvalue weighted by molar-refractivity contribution is -0.151. The van der Waals surface area contributed by atoms with E-state index in [9.17, 15) is 24.3 Å². The molecular weight excluding hydrogens is 549 g/mol. The first-order chi connectivity index (χ1) is 17.9. The highest BCUT2D eigenvalue weighted by Crippen LogP contribution is 2.35. The topological polar surface area (TPSA) is 116 Å². The number of carbonyl (C=O) groups is 4. The minimum atomic E-state index is -1.90. The van der Waals surface area contributed by atoms with Crippen molar-refractivity contribution in [3.63, 3.8) is 0 Å². The average Bonchev–Trinajstić information content (AvgIpc) is 3.48. The van der Waals surface area contributed by atoms with Gasteiger partial charge in [-0.15, -0.1) is 11.8 Å². The van der Waals surface area contributed by atoms with Crippen molar-refractivity contribution < 1.29 is 24.3 Å². The predicted octanol–water partition coefficient (Wildman–Crippen LogP) is 4.69. The van der Waals surface area contributed by atoms with E-state index in [0.29, 0.717) is 41.5 Å². The Balaban J connectivity index is 0.000000572. The Morgan fingerprint density at radius 1 is 1.05 bits per heavy atom. The maximum atomic E-state index is 12.5. The third kappa shape index (κ3) is 7.52. The zero-order chi connectivity index (χ0) is 28.0. The van der Waals surface area contributed by atoms with Gasteiger partial charge in [0.15, 0.2) is 0 Å². The minimum Gasteiger partial charge on any atom is -0.478 e. The third-order valence-electron chi connectivity index (χ3n) is 6.22. The largest absolute Gasteiger partial charge is 0.478 e. The monoisotopic (exact) mass is 577 g/mol. The molecule has 1 unspecified atom stereocenters. The molecule has 1 atom stereocenters. The lowest BCUT2D eigenvalue weighted by Crippen LogP contribution is -2.64. The molecule has 0 spiro atoms. The van der Waals surface area contributed by atoms with E-state index in [1.807, 2.05) is 12.3 Å². The molecular formula is C27H29Cl2N3O5S. The van der Waals surface area contributed by atoms with Gasteiger partial charge in [0.2, 0.25) is 23.4 Å². The Morgan fingerprint density at radius 3 is 2.16 bits per heavy atom. The summed E-state index contributed by atoms with van der Waals surface area (Å²) < 4.78 is 0. The highest BCUT2D eigenvalue weighted by atomic mass is 35.5. The molecule has 3 N–H and O–H groups in total. The highest BCUT2D eigenvalue weighted by molar-refractivity contribution is 7.98. The molecule has 0 saturated carbocycles. The van der Waals surface area contributed by atoms with E-state index in [-0.39, 0.29) is 5.91 Å². The van der Waals surface area contributed by atoms with Crippen LogP contribution in [-0.2, 0) is 19.2 Å². The maximum Gasteiger partial charge on any atom is 0.350 e. The van der Waals surface area contributed by atoms with E-state index in [1.54, 1.807) is 17.0 Å². The number of carbonyl (C=O) groups excluding carboxylic acids is 3. The molecule has 4 rings (SSSR count). The molecule has 8 nitrogen and oxygen atoms in total. The van der Waals surface area contributed by atoms with Crippen molar-refractivity contribution in [1.82, 2.24) is 15.5 Å². The SMILES string of the molecule is CSc1ccc(C=CC(=O)N2CCC(C(=O)NC(C)(NC(C)=O)C(=O)O)CC2)c(Cl)c1Cl.c1cc2cc-2c1. The van der Waals surface area contributed by atoms with Crippen LogP contribution in [0.4, 0.5) is 0 Å². The lowest BCUT2D eigenvalue weighted by atomic mass is 9.95. The molecule has 2 aliphatic carbocycles. The van der Waals surface area contributed by atoms with E-state index in [0.717, 1.165) is 4.90 Å². The van der Waals surface area contributed by atoms with Gasteiger partial charge in [-0.25, -0.2) is 4.79 Å². The zero-order valence-electron chi connectivity index (χ0n) is 21.2. The molecule has 1 aliphatic heterocycles. The van der Waals surface area contributed by atoms with Crippen molar-refractivity contribution in [3.05, 3.63) is 58.1 Å². The summed E-state index contributed by atoms with van der Waals surface area (Å²) in [4.78, 5) is 50.3. The molecule has 0 bridgehead atoms. The Kier molecular flexibility index (Phi) is 9.87. The lowest BCUT2D eigenvalue weighted by Gasteiger charge is -2.33. The Hall–Kier alpha value is -3.01. The van der Waals surface area contributed by atoms with Crippen molar-refractivity contribution in [2.45, 2.75) is 37.2 Å². The molecule has 1 aromatic carbocycles. The van der Waals surface area contributed by atoms with Gasteiger partial charge in [-0.3, -0.25) is 14.4 Å². The number of fused-ring (bicyclic) bond motifs is 1. The van der Waals surface area contributed by atoms with Gasteiger partial charge in [-0.05, 0) is 60.9 Å². The van der Waals surface area contributed by atoms with Gasteiger partial charge in [0.1, 0.15) is 0 Å². The first-order valence-corrected chi connectivity index (χ1v) is 13.9. The van der Waals surface area contributed by atoms with Crippen LogP contribution in [0.1, 0.15) is 32.3 Å². The number of carboxylic acids is 1. The highest BCUT2D eigenvalue weighted by Gasteiger charge is 2.38. The second-order valence-corrected chi connectivity index (χ2v) is 10.7. The van der Waals surface area contributed by atoms with Crippen LogP contribution in [0, 0.1) is 5.92 Å². The number of nitrogens with zero attached hydrogens (tertiary/aromatic N) is 1. The number of piperidine rings is 1. The summed E-state index contributed by atoms with van der Waals surface area (Å²) in [6.45, 7) is 3.06. The number of carboxylic acid groups (broad SMARTS) is 1. The van der Waals surface area contributed by atoms with Crippen LogP contribution >= 0.6 is 35.0 Å². The van der Waals surface area contributed by atoms with Crippen molar-refractivity contribution in [2.75, 3.05) is 19.3 Å². The third-order valence-corrected chi connectivity index (χ3v) is 8.01. The number of thioether (sulfide) groups is 1. The fourth-order valence-corrected chi connectivity index (χ4v) is 5.15. The number of benzene rings is 2. The van der Waals surface area contributed by atoms with Gasteiger partial charge in [0.05, 0.1) is 10.0 Å². The van der Waals surface area contributed by atoms with E-state index in [1.165, 1.54) is 42.8 Å². The predicted molar refractivity (Wildman–Crippen MR) is 150 cm³/mol. The summed E-state index contributed by atoms with van der Waals surface area (Å²) >= 11 is 14.0. The van der Waals surface area contributed by atoms with Crippen molar-refractivity contribution in [1.29, 1.82) is 0 Å². The quantitative estimate of drug-likeness (QED) is 0.213. The Bertz CT molecular complexity index is 1260. The molecule has 1 heterocycles. The number of amides is 3. The summed E-state index contributed by atoms with van der Waals surface area (Å²) in [5, 5.41) is 14.8. The number of hydrogen-bond donors (Lipinski definition) is 3.